The van der Waals surface area contributed by atoms with Crippen LogP contribution in [0.1, 0.15) is 11.1 Å². The molecule has 1 N–H and O–H groups in total. The molecular formula is C20H16INO6S. The van der Waals surface area contributed by atoms with E-state index >= 15 is 0 Å². The molecule has 1 fully saturated rings. The summed E-state index contributed by atoms with van der Waals surface area (Å²) in [6.07, 6.45) is 1.60. The molecule has 1 aliphatic heterocycles. The van der Waals surface area contributed by atoms with E-state index in [1.807, 2.05) is 24.3 Å². The molecule has 0 radical (unpaired) electrons. The summed E-state index contributed by atoms with van der Waals surface area (Å²) in [6, 6.07) is 12.4. The van der Waals surface area contributed by atoms with Crippen LogP contribution >= 0.6 is 34.4 Å². The van der Waals surface area contributed by atoms with Crippen LogP contribution in [0.5, 0.6) is 11.5 Å². The highest BCUT2D eigenvalue weighted by Gasteiger charge is 2.35. The van der Waals surface area contributed by atoms with Gasteiger partial charge in [0.15, 0.2) is 18.1 Å². The van der Waals surface area contributed by atoms with Gasteiger partial charge in [0.05, 0.1) is 18.6 Å². The summed E-state index contributed by atoms with van der Waals surface area (Å²) in [7, 11) is 1.43. The molecule has 1 aliphatic rings. The molecule has 0 aliphatic carbocycles. The first kappa shape index (κ1) is 21.2. The second-order valence-electron chi connectivity index (χ2n) is 5.99. The zero-order valence-corrected chi connectivity index (χ0v) is 18.2. The van der Waals surface area contributed by atoms with Crippen LogP contribution in [-0.2, 0) is 16.1 Å². The number of rotatable bonds is 7. The molecule has 0 atom stereocenters. The van der Waals surface area contributed by atoms with E-state index in [0.29, 0.717) is 16.2 Å². The SMILES string of the molecule is COc1cc(/C=C2\SC(=O)N(Cc3ccc(I)cc3)C2=O)ccc1OCC(=O)O. The number of benzene rings is 2. The molecule has 2 amide bonds. The number of imide groups is 1. The number of hydrogen-bond donors (Lipinski definition) is 1. The number of nitrogens with zero attached hydrogens (tertiary/aromatic N) is 1. The average molecular weight is 525 g/mol. The molecule has 7 nitrogen and oxygen atoms in total. The molecule has 0 spiro atoms. The molecule has 1 saturated heterocycles. The van der Waals surface area contributed by atoms with Gasteiger partial charge in [0.25, 0.3) is 11.1 Å². The van der Waals surface area contributed by atoms with Crippen molar-refractivity contribution in [3.63, 3.8) is 0 Å². The number of carboxylic acid groups (broad SMARTS) is 1. The Morgan fingerprint density at radius 1 is 1.17 bits per heavy atom. The standard InChI is InChI=1S/C20H16INO6S/c1-27-16-8-13(4-7-15(16)28-11-18(23)24)9-17-19(25)22(20(26)29-17)10-12-2-5-14(21)6-3-12/h2-9H,10-11H2,1H3,(H,23,24)/b17-9-. The Morgan fingerprint density at radius 2 is 1.90 bits per heavy atom. The number of carbonyl (C=O) groups excluding carboxylic acids is 2. The summed E-state index contributed by atoms with van der Waals surface area (Å²) < 4.78 is 11.5. The third-order valence-corrected chi connectivity index (χ3v) is 5.59. The summed E-state index contributed by atoms with van der Waals surface area (Å²) in [6.45, 7) is -0.280. The van der Waals surface area contributed by atoms with Gasteiger partial charge < -0.3 is 14.6 Å². The van der Waals surface area contributed by atoms with Crippen LogP contribution in [0, 0.1) is 3.57 Å². The van der Waals surface area contributed by atoms with E-state index in [1.54, 1.807) is 24.3 Å². The Hall–Kier alpha value is -2.53. The summed E-state index contributed by atoms with van der Waals surface area (Å²) in [5.74, 6) is -0.848. The van der Waals surface area contributed by atoms with E-state index in [1.165, 1.54) is 12.0 Å². The predicted octanol–water partition coefficient (Wildman–Crippen LogP) is 4.00. The molecular weight excluding hydrogens is 509 g/mol. The number of hydrogen-bond acceptors (Lipinski definition) is 6. The third kappa shape index (κ3) is 5.30. The van der Waals surface area contributed by atoms with Crippen molar-refractivity contribution in [3.8, 4) is 11.5 Å². The monoisotopic (exact) mass is 525 g/mol. The smallest absolute Gasteiger partial charge is 0.341 e. The zero-order valence-electron chi connectivity index (χ0n) is 15.3. The van der Waals surface area contributed by atoms with Gasteiger partial charge in [0.2, 0.25) is 0 Å². The Morgan fingerprint density at radius 3 is 2.55 bits per heavy atom. The molecule has 0 bridgehead atoms. The van der Waals surface area contributed by atoms with Crippen LogP contribution in [-0.4, -0.2) is 40.8 Å². The molecule has 150 valence electrons. The fourth-order valence-corrected chi connectivity index (χ4v) is 3.79. The van der Waals surface area contributed by atoms with Crippen LogP contribution in [0.4, 0.5) is 4.79 Å². The second kappa shape index (κ2) is 9.31. The summed E-state index contributed by atoms with van der Waals surface area (Å²) >= 11 is 3.07. The number of carboxylic acids is 1. The third-order valence-electron chi connectivity index (χ3n) is 3.96. The predicted molar refractivity (Wildman–Crippen MR) is 117 cm³/mol. The Balaban J connectivity index is 1.78. The highest BCUT2D eigenvalue weighted by Crippen LogP contribution is 2.35. The van der Waals surface area contributed by atoms with E-state index in [0.717, 1.165) is 20.9 Å². The quantitative estimate of drug-likeness (QED) is 0.432. The maximum absolute atomic E-state index is 12.7. The van der Waals surface area contributed by atoms with Crippen molar-refractivity contribution >= 4 is 57.5 Å². The van der Waals surface area contributed by atoms with E-state index in [2.05, 4.69) is 22.6 Å². The topological polar surface area (TPSA) is 93.1 Å². The minimum absolute atomic E-state index is 0.213. The molecule has 2 aromatic rings. The van der Waals surface area contributed by atoms with Gasteiger partial charge in [-0.1, -0.05) is 18.2 Å². The van der Waals surface area contributed by atoms with Crippen molar-refractivity contribution in [3.05, 3.63) is 62.1 Å². The Labute approximate surface area is 184 Å². The summed E-state index contributed by atoms with van der Waals surface area (Å²) in [5, 5.41) is 8.40. The van der Waals surface area contributed by atoms with Crippen LogP contribution < -0.4 is 9.47 Å². The fraction of sp³-hybridized carbons (Fsp3) is 0.150. The van der Waals surface area contributed by atoms with Gasteiger partial charge >= 0.3 is 5.97 Å². The highest BCUT2D eigenvalue weighted by molar-refractivity contribution is 14.1. The molecule has 0 unspecified atom stereocenters. The van der Waals surface area contributed by atoms with Crippen LogP contribution in [0.15, 0.2) is 47.4 Å². The van der Waals surface area contributed by atoms with Gasteiger partial charge in [0.1, 0.15) is 0 Å². The Bertz CT molecular complexity index is 989. The Kier molecular flexibility index (Phi) is 6.80. The van der Waals surface area contributed by atoms with Crippen molar-refractivity contribution in [1.29, 1.82) is 0 Å². The molecule has 2 aromatic carbocycles. The van der Waals surface area contributed by atoms with Crippen molar-refractivity contribution in [2.75, 3.05) is 13.7 Å². The molecule has 29 heavy (non-hydrogen) atoms. The van der Waals surface area contributed by atoms with Crippen molar-refractivity contribution in [2.45, 2.75) is 6.54 Å². The lowest BCUT2D eigenvalue weighted by atomic mass is 10.1. The van der Waals surface area contributed by atoms with E-state index in [-0.39, 0.29) is 23.4 Å². The highest BCUT2D eigenvalue weighted by atomic mass is 127. The van der Waals surface area contributed by atoms with Crippen molar-refractivity contribution in [2.24, 2.45) is 0 Å². The van der Waals surface area contributed by atoms with E-state index in [9.17, 15) is 14.4 Å². The maximum Gasteiger partial charge on any atom is 0.341 e. The van der Waals surface area contributed by atoms with Crippen LogP contribution in [0.25, 0.3) is 6.08 Å². The molecule has 9 heteroatoms. The zero-order chi connectivity index (χ0) is 21.0. The lowest BCUT2D eigenvalue weighted by Crippen LogP contribution is -2.27. The number of thioether (sulfide) groups is 1. The van der Waals surface area contributed by atoms with Crippen LogP contribution in [0.3, 0.4) is 0 Å². The molecule has 0 aromatic heterocycles. The number of aliphatic carboxylic acids is 1. The molecule has 1 heterocycles. The number of halogens is 1. The van der Waals surface area contributed by atoms with Crippen molar-refractivity contribution < 1.29 is 29.0 Å². The van der Waals surface area contributed by atoms with E-state index in [4.69, 9.17) is 14.6 Å². The summed E-state index contributed by atoms with van der Waals surface area (Å²) in [4.78, 5) is 37.2. The van der Waals surface area contributed by atoms with Crippen molar-refractivity contribution in [1.82, 2.24) is 4.90 Å². The average Bonchev–Trinajstić information content (AvgIpc) is 2.95. The summed E-state index contributed by atoms with van der Waals surface area (Å²) in [5.41, 5.74) is 1.50. The molecule has 0 saturated carbocycles. The maximum atomic E-state index is 12.7. The van der Waals surface area contributed by atoms with Crippen LogP contribution in [0.2, 0.25) is 0 Å². The minimum Gasteiger partial charge on any atom is -0.493 e. The number of carbonyl (C=O) groups is 3. The largest absolute Gasteiger partial charge is 0.493 e. The second-order valence-corrected chi connectivity index (χ2v) is 8.23. The lowest BCUT2D eigenvalue weighted by Gasteiger charge is -2.12. The van der Waals surface area contributed by atoms with Gasteiger partial charge in [-0.3, -0.25) is 14.5 Å². The first-order valence-electron chi connectivity index (χ1n) is 8.40. The molecule has 3 rings (SSSR count). The lowest BCUT2D eigenvalue weighted by molar-refractivity contribution is -0.139. The normalized spacial score (nSPS) is 15.1. The number of methoxy groups -OCH3 is 1. The van der Waals surface area contributed by atoms with Gasteiger partial charge in [-0.25, -0.2) is 4.79 Å². The number of amides is 2. The first-order valence-corrected chi connectivity index (χ1v) is 10.3. The minimum atomic E-state index is -1.10. The fourth-order valence-electron chi connectivity index (χ4n) is 2.59. The number of ether oxygens (including phenoxy) is 2. The van der Waals surface area contributed by atoms with E-state index < -0.39 is 12.6 Å². The van der Waals surface area contributed by atoms with Gasteiger partial charge in [-0.15, -0.1) is 0 Å². The van der Waals surface area contributed by atoms with Gasteiger partial charge in [-0.05, 0) is 75.8 Å². The van der Waals surface area contributed by atoms with Gasteiger partial charge in [-0.2, -0.15) is 0 Å². The van der Waals surface area contributed by atoms with Gasteiger partial charge in [0, 0.05) is 3.57 Å². The first-order chi connectivity index (χ1) is 13.9.